The maximum atomic E-state index is 5.51. The van der Waals surface area contributed by atoms with Crippen molar-refractivity contribution in [2.75, 3.05) is 18.5 Å². The van der Waals surface area contributed by atoms with Gasteiger partial charge in [-0.05, 0) is 35.0 Å². The molecular weight excluding hydrogens is 326 g/mol. The summed E-state index contributed by atoms with van der Waals surface area (Å²) in [4.78, 5) is 10.4. The Labute approximate surface area is 124 Å². The summed E-state index contributed by atoms with van der Waals surface area (Å²) in [6.45, 7) is 4.26. The standard InChI is InChI=1S/C13H14BrN3OS/c1-2-15-12-8-7-18-6-5-9(8)16-13(17-12)10-3-4-11(14)19-10/h3-4H,2,5-7H2,1H3,(H,15,16,17). The van der Waals surface area contributed by atoms with Gasteiger partial charge in [-0.25, -0.2) is 9.97 Å². The van der Waals surface area contributed by atoms with E-state index in [0.717, 1.165) is 51.1 Å². The number of rotatable bonds is 3. The third-order valence-electron chi connectivity index (χ3n) is 2.96. The molecule has 4 nitrogen and oxygen atoms in total. The molecule has 3 rings (SSSR count). The van der Waals surface area contributed by atoms with Gasteiger partial charge >= 0.3 is 0 Å². The minimum absolute atomic E-state index is 0.603. The molecule has 0 amide bonds. The van der Waals surface area contributed by atoms with Gasteiger partial charge in [0, 0.05) is 18.5 Å². The van der Waals surface area contributed by atoms with E-state index < -0.39 is 0 Å². The van der Waals surface area contributed by atoms with Crippen molar-refractivity contribution in [3.8, 4) is 10.7 Å². The first-order valence-corrected chi connectivity index (χ1v) is 7.86. The Balaban J connectivity index is 2.08. The average Bonchev–Trinajstić information content (AvgIpc) is 2.86. The molecule has 0 saturated carbocycles. The summed E-state index contributed by atoms with van der Waals surface area (Å²) in [6.07, 6.45) is 0.857. The zero-order chi connectivity index (χ0) is 13.2. The van der Waals surface area contributed by atoms with E-state index in [1.165, 1.54) is 0 Å². The highest BCUT2D eigenvalue weighted by Crippen LogP contribution is 2.32. The number of nitrogens with zero attached hydrogens (tertiary/aromatic N) is 2. The van der Waals surface area contributed by atoms with E-state index in [-0.39, 0.29) is 0 Å². The molecule has 3 heterocycles. The van der Waals surface area contributed by atoms with E-state index >= 15 is 0 Å². The highest BCUT2D eigenvalue weighted by Gasteiger charge is 2.19. The molecule has 2 aromatic rings. The van der Waals surface area contributed by atoms with Crippen molar-refractivity contribution >= 4 is 33.1 Å². The van der Waals surface area contributed by atoms with Crippen LogP contribution >= 0.6 is 27.3 Å². The molecule has 1 aliphatic heterocycles. The minimum atomic E-state index is 0.603. The molecular formula is C13H14BrN3OS. The molecule has 0 bridgehead atoms. The van der Waals surface area contributed by atoms with Crippen LogP contribution in [-0.2, 0) is 17.8 Å². The Bertz CT molecular complexity index is 600. The summed E-state index contributed by atoms with van der Waals surface area (Å²) < 4.78 is 6.60. The maximum Gasteiger partial charge on any atom is 0.171 e. The van der Waals surface area contributed by atoms with Crippen LogP contribution < -0.4 is 5.32 Å². The lowest BCUT2D eigenvalue weighted by atomic mass is 10.1. The topological polar surface area (TPSA) is 47.0 Å². The smallest absolute Gasteiger partial charge is 0.171 e. The summed E-state index contributed by atoms with van der Waals surface area (Å²) in [7, 11) is 0. The van der Waals surface area contributed by atoms with Crippen molar-refractivity contribution in [3.05, 3.63) is 27.2 Å². The fourth-order valence-electron chi connectivity index (χ4n) is 2.09. The van der Waals surface area contributed by atoms with E-state index in [9.17, 15) is 0 Å². The molecule has 0 aromatic carbocycles. The van der Waals surface area contributed by atoms with Gasteiger partial charge < -0.3 is 10.1 Å². The lowest BCUT2D eigenvalue weighted by Gasteiger charge is -2.19. The Morgan fingerprint density at radius 2 is 2.32 bits per heavy atom. The monoisotopic (exact) mass is 339 g/mol. The highest BCUT2D eigenvalue weighted by atomic mass is 79.9. The number of aromatic nitrogens is 2. The number of halogens is 1. The molecule has 1 aliphatic rings. The SMILES string of the molecule is CCNc1nc(-c2ccc(Br)s2)nc2c1COCC2. The third kappa shape index (κ3) is 2.66. The van der Waals surface area contributed by atoms with E-state index in [1.807, 2.05) is 12.1 Å². The Hall–Kier alpha value is -0.980. The number of hydrogen-bond donors (Lipinski definition) is 1. The molecule has 6 heteroatoms. The number of thiophene rings is 1. The zero-order valence-electron chi connectivity index (χ0n) is 10.6. The van der Waals surface area contributed by atoms with E-state index in [0.29, 0.717) is 6.61 Å². The van der Waals surface area contributed by atoms with Crippen molar-refractivity contribution in [2.24, 2.45) is 0 Å². The van der Waals surface area contributed by atoms with Gasteiger partial charge in [-0.3, -0.25) is 0 Å². The normalized spacial score (nSPS) is 14.2. The van der Waals surface area contributed by atoms with Crippen LogP contribution in [-0.4, -0.2) is 23.1 Å². The van der Waals surface area contributed by atoms with Crippen LogP contribution in [0.3, 0.4) is 0 Å². The van der Waals surface area contributed by atoms with Crippen molar-refractivity contribution in [1.82, 2.24) is 9.97 Å². The van der Waals surface area contributed by atoms with Gasteiger partial charge in [0.05, 0.1) is 27.6 Å². The first kappa shape index (κ1) is 13.0. The summed E-state index contributed by atoms with van der Waals surface area (Å²) in [6, 6.07) is 4.07. The second-order valence-electron chi connectivity index (χ2n) is 4.26. The molecule has 0 atom stereocenters. The average molecular weight is 340 g/mol. The van der Waals surface area contributed by atoms with Crippen LogP contribution in [0.1, 0.15) is 18.2 Å². The predicted molar refractivity (Wildman–Crippen MR) is 80.6 cm³/mol. The number of nitrogens with one attached hydrogen (secondary N) is 1. The van der Waals surface area contributed by atoms with E-state index in [2.05, 4.69) is 33.2 Å². The Kier molecular flexibility index (Phi) is 3.81. The van der Waals surface area contributed by atoms with Crippen LogP contribution in [0.4, 0.5) is 5.82 Å². The quantitative estimate of drug-likeness (QED) is 0.929. The van der Waals surface area contributed by atoms with Gasteiger partial charge in [-0.1, -0.05) is 0 Å². The van der Waals surface area contributed by atoms with Gasteiger partial charge in [-0.15, -0.1) is 11.3 Å². The first-order chi connectivity index (χ1) is 9.28. The molecule has 0 radical (unpaired) electrons. The van der Waals surface area contributed by atoms with Crippen LogP contribution in [0.5, 0.6) is 0 Å². The van der Waals surface area contributed by atoms with Gasteiger partial charge in [0.25, 0.3) is 0 Å². The molecule has 0 spiro atoms. The summed E-state index contributed by atoms with van der Waals surface area (Å²) in [5.74, 6) is 1.71. The van der Waals surface area contributed by atoms with Crippen LogP contribution in [0.2, 0.25) is 0 Å². The lowest BCUT2D eigenvalue weighted by Crippen LogP contribution is -2.17. The molecule has 0 aliphatic carbocycles. The molecule has 0 saturated heterocycles. The van der Waals surface area contributed by atoms with Crippen molar-refractivity contribution in [1.29, 1.82) is 0 Å². The van der Waals surface area contributed by atoms with Crippen molar-refractivity contribution in [2.45, 2.75) is 20.0 Å². The molecule has 1 N–H and O–H groups in total. The third-order valence-corrected chi connectivity index (χ3v) is 4.58. The fraction of sp³-hybridized carbons (Fsp3) is 0.385. The highest BCUT2D eigenvalue weighted by molar-refractivity contribution is 9.11. The molecule has 0 unspecified atom stereocenters. The largest absolute Gasteiger partial charge is 0.376 e. The number of fused-ring (bicyclic) bond motifs is 1. The van der Waals surface area contributed by atoms with Gasteiger partial charge in [0.1, 0.15) is 5.82 Å². The number of ether oxygens (including phenoxy) is 1. The Morgan fingerprint density at radius 1 is 1.42 bits per heavy atom. The second-order valence-corrected chi connectivity index (χ2v) is 6.72. The maximum absolute atomic E-state index is 5.51. The molecule has 2 aromatic heterocycles. The predicted octanol–water partition coefficient (Wildman–Crippen LogP) is 3.47. The van der Waals surface area contributed by atoms with Crippen LogP contribution in [0.25, 0.3) is 10.7 Å². The second kappa shape index (κ2) is 5.56. The molecule has 19 heavy (non-hydrogen) atoms. The van der Waals surface area contributed by atoms with E-state index in [4.69, 9.17) is 9.72 Å². The zero-order valence-corrected chi connectivity index (χ0v) is 13.0. The van der Waals surface area contributed by atoms with Crippen molar-refractivity contribution in [3.63, 3.8) is 0 Å². The minimum Gasteiger partial charge on any atom is -0.376 e. The van der Waals surface area contributed by atoms with Crippen LogP contribution in [0.15, 0.2) is 15.9 Å². The van der Waals surface area contributed by atoms with Crippen molar-refractivity contribution < 1.29 is 4.74 Å². The van der Waals surface area contributed by atoms with E-state index in [1.54, 1.807) is 11.3 Å². The van der Waals surface area contributed by atoms with Crippen LogP contribution in [0, 0.1) is 0 Å². The van der Waals surface area contributed by atoms with Gasteiger partial charge in [0.15, 0.2) is 5.82 Å². The fourth-order valence-corrected chi connectivity index (χ4v) is 3.41. The number of hydrogen-bond acceptors (Lipinski definition) is 5. The Morgan fingerprint density at radius 3 is 3.05 bits per heavy atom. The lowest BCUT2D eigenvalue weighted by molar-refractivity contribution is 0.109. The number of anilines is 1. The molecule has 100 valence electrons. The molecule has 0 fully saturated rings. The summed E-state index contributed by atoms with van der Waals surface area (Å²) in [5.41, 5.74) is 2.21. The summed E-state index contributed by atoms with van der Waals surface area (Å²) >= 11 is 5.13. The first-order valence-electron chi connectivity index (χ1n) is 6.25. The summed E-state index contributed by atoms with van der Waals surface area (Å²) in [5, 5.41) is 3.31. The van der Waals surface area contributed by atoms with Gasteiger partial charge in [-0.2, -0.15) is 0 Å². The van der Waals surface area contributed by atoms with Gasteiger partial charge in [0.2, 0.25) is 0 Å².